The highest BCUT2D eigenvalue weighted by Gasteiger charge is 1.18. The van der Waals surface area contributed by atoms with Gasteiger partial charge < -0.3 is 27.4 Å². The number of rotatable bonds is 0. The minimum absolute atomic E-state index is 0. The Morgan fingerprint density at radius 1 is 0.378 bits per heavy atom. The third-order valence-electron chi connectivity index (χ3n) is 0. The van der Waals surface area contributed by atoms with Crippen LogP contribution in [0.4, 0.5) is 0 Å². The third kappa shape index (κ3) is 523000. The second kappa shape index (κ2) is 30200. The SMILES string of the molecule is C.C.C.C.C.C.C.C.C.C.C.C.C.C.C.C.C.C.N=PP.N=PP.O.O.O.O.O.O=O.O=O.O=O.OO.OO.OO.[2H]P=O.[2H]P=O. The van der Waals surface area contributed by atoms with Gasteiger partial charge in [-0.2, -0.15) is 0 Å². The fourth-order valence-electron chi connectivity index (χ4n) is 0. The van der Waals surface area contributed by atoms with E-state index >= 15 is 0 Å². The van der Waals surface area contributed by atoms with Crippen LogP contribution in [-0.2, 0) is 9.13 Å². The molecule has 21 nitrogen and oxygen atoms in total. The van der Waals surface area contributed by atoms with Crippen LogP contribution < -0.4 is 0 Å². The van der Waals surface area contributed by atoms with Crippen LogP contribution >= 0.6 is 52.1 Å². The Morgan fingerprint density at radius 2 is 0.378 bits per heavy atom. The number of nitrogens with one attached hydrogen (secondary N) is 2. The molecular formula is C18H96N2O19P6. The Morgan fingerprint density at radius 3 is 0.378 bits per heavy atom. The first kappa shape index (κ1) is 458. The second-order valence-corrected chi connectivity index (χ2v) is 2.32. The number of hydrogen-bond donors (Lipinski definition) is 8. The Labute approximate surface area is 296 Å². The van der Waals surface area contributed by atoms with E-state index in [2.05, 4.69) is 17.9 Å². The Kier molecular flexibility index (Phi) is 307000. The van der Waals surface area contributed by atoms with Crippen molar-refractivity contribution in [1.29, 1.82) is 12.9 Å². The average Bonchev–Trinajstić information content (AvgIpc) is 2.67. The minimum Gasteiger partial charge on any atom is -0.412 e. The molecule has 0 fully saturated rings. The van der Waals surface area contributed by atoms with E-state index in [1.807, 2.05) is 0 Å². The van der Waals surface area contributed by atoms with Crippen molar-refractivity contribution in [3.8, 4) is 0 Å². The molecule has 18 N–H and O–H groups in total. The summed E-state index contributed by atoms with van der Waals surface area (Å²) in [5.74, 6) is 0. The van der Waals surface area contributed by atoms with Crippen LogP contribution in [0.1, 0.15) is 134 Å². The van der Waals surface area contributed by atoms with Gasteiger partial charge in [0, 0.05) is 45.9 Å². The molecule has 0 aromatic carbocycles. The molecule has 45 heavy (non-hydrogen) atoms. The average molecular weight is 833 g/mol. The summed E-state index contributed by atoms with van der Waals surface area (Å²) in [6.45, 7) is 0. The predicted octanol–water partition coefficient (Wildman–Crippen LogP) is 11.5. The van der Waals surface area contributed by atoms with E-state index in [4.69, 9.17) is 83.3 Å². The van der Waals surface area contributed by atoms with Gasteiger partial charge in [0.2, 0.25) is 0 Å². The molecule has 0 spiro atoms. The van der Waals surface area contributed by atoms with Crippen molar-refractivity contribution in [2.75, 3.05) is 0 Å². The molecule has 0 amide bonds. The largest absolute Gasteiger partial charge is 0.412 e. The summed E-state index contributed by atoms with van der Waals surface area (Å²) in [5.41, 5.74) is 0. The molecule has 0 saturated heterocycles. The molecule has 322 valence electrons. The molecule has 0 bridgehead atoms. The van der Waals surface area contributed by atoms with Crippen molar-refractivity contribution in [2.45, 2.75) is 134 Å². The molecule has 0 rings (SSSR count). The summed E-state index contributed by atoms with van der Waals surface area (Å²) in [4.78, 5) is 42.0. The highest BCUT2D eigenvalue weighted by Crippen LogP contribution is 2.00. The van der Waals surface area contributed by atoms with Crippen LogP contribution in [-0.4, -0.2) is 61.5 Å². The van der Waals surface area contributed by atoms with Crippen molar-refractivity contribution >= 4 is 52.1 Å². The minimum atomic E-state index is -0.583. The zero-order chi connectivity index (χ0) is 22.8. The number of hydrogen-bond acceptors (Lipinski definition) is 16. The second-order valence-electron chi connectivity index (χ2n) is 0.258. The van der Waals surface area contributed by atoms with Crippen molar-refractivity contribution in [3.63, 3.8) is 0 Å². The predicted molar refractivity (Wildman–Crippen MR) is 232 cm³/mol. The van der Waals surface area contributed by atoms with Crippen molar-refractivity contribution < 1.29 is 68.1 Å². The van der Waals surface area contributed by atoms with E-state index in [1.165, 1.54) is 0 Å². The molecule has 2 unspecified atom stereocenters. The van der Waals surface area contributed by atoms with E-state index in [0.29, 0.717) is 16.1 Å². The summed E-state index contributed by atoms with van der Waals surface area (Å²) in [5, 5.41) is 48.3. The quantitative estimate of drug-likeness (QED) is 0.0639. The summed E-state index contributed by atoms with van der Waals surface area (Å²) >= 11 is 0. The molecule has 0 aromatic heterocycles. The van der Waals surface area contributed by atoms with Crippen molar-refractivity contribution in [2.24, 2.45) is 0 Å². The zero-order valence-corrected chi connectivity index (χ0v) is 18.3. The normalized spacial score (nSPS) is 2.58. The summed E-state index contributed by atoms with van der Waals surface area (Å²) in [6, 6.07) is 0. The van der Waals surface area contributed by atoms with Gasteiger partial charge in [0.15, 0.2) is 0 Å². The highest BCUT2D eigenvalue weighted by molar-refractivity contribution is 7.96. The Bertz CT molecular complexity index is 166. The van der Waals surface area contributed by atoms with E-state index in [1.54, 1.807) is 0 Å². The molecule has 0 aromatic rings. The van der Waals surface area contributed by atoms with Gasteiger partial charge in [0.05, 0.1) is 0 Å². The lowest BCUT2D eigenvalue weighted by molar-refractivity contribution is -0.176. The lowest BCUT2D eigenvalue weighted by atomic mass is 12.0. The first-order valence-corrected chi connectivity index (χ1v) is 8.18. The van der Waals surface area contributed by atoms with Gasteiger partial charge in [0.1, 0.15) is 20.7 Å². The van der Waals surface area contributed by atoms with Gasteiger partial charge in [-0.1, -0.05) is 152 Å². The highest BCUT2D eigenvalue weighted by atomic mass is 32.0. The summed E-state index contributed by atoms with van der Waals surface area (Å²) < 4.78 is 28.4. The zero-order valence-electron chi connectivity index (χ0n) is 14.4. The van der Waals surface area contributed by atoms with Crippen molar-refractivity contribution in [3.05, 3.63) is 29.8 Å². The molecule has 0 saturated carbocycles. The smallest absolute Gasteiger partial charge is 0.140 e. The van der Waals surface area contributed by atoms with Gasteiger partial charge in [-0.05, 0) is 0 Å². The molecule has 0 aliphatic heterocycles. The molecule has 0 aliphatic rings. The fraction of sp³-hybridized carbons (Fsp3) is 1.00. The molecule has 27 heteroatoms. The standard InChI is InChI=1S/18CH4.2H3NP2.3H2O2.3O2.2HOP.5H2O/c;;;;;;;;;;;;;;;;;;2*1-3-2;8*1-2;;;;;/h18*1H4;2*1H,2H2;3*1-2H;;;;2*2H;5*1H2/i;;;;;;;;;;;;;;;;;;;;;;;;;;2*2D;;;;;. The van der Waals surface area contributed by atoms with Crippen LogP contribution in [0.15, 0.2) is 0 Å². The van der Waals surface area contributed by atoms with Gasteiger partial charge in [-0.15, -0.1) is 0 Å². The van der Waals surface area contributed by atoms with E-state index in [0.717, 1.165) is 0 Å². The third-order valence-corrected chi connectivity index (χ3v) is 0. The van der Waals surface area contributed by atoms with Crippen LogP contribution in [0.5, 0.6) is 0 Å². The first-order chi connectivity index (χ1) is 11.7. The van der Waals surface area contributed by atoms with Crippen molar-refractivity contribution in [1.82, 2.24) is 0 Å². The van der Waals surface area contributed by atoms with E-state index in [-0.39, 0.29) is 161 Å². The first-order valence-electron chi connectivity index (χ1n) is 3.32. The monoisotopic (exact) mass is 833 g/mol. The van der Waals surface area contributed by atoms with Gasteiger partial charge in [-0.3, -0.25) is 51.0 Å². The Balaban J connectivity index is -0.00000000142. The topological polar surface area (TPSA) is 463 Å². The summed E-state index contributed by atoms with van der Waals surface area (Å²) in [6.07, 6.45) is 0. The molecule has 0 heterocycles. The molecule has 2 atom stereocenters. The lowest BCUT2D eigenvalue weighted by Crippen LogP contribution is -1.29. The Hall–Kier alpha value is -0.380. The molecule has 0 radical (unpaired) electrons. The van der Waals surface area contributed by atoms with Crippen LogP contribution in [0, 0.1) is 40.1 Å². The van der Waals surface area contributed by atoms with Gasteiger partial charge >= 0.3 is 0 Å². The fourth-order valence-corrected chi connectivity index (χ4v) is 0. The van der Waals surface area contributed by atoms with Gasteiger partial charge in [-0.25, -0.2) is 0 Å². The maximum absolute atomic E-state index is 8.57. The van der Waals surface area contributed by atoms with Crippen LogP contribution in [0.25, 0.3) is 0 Å². The van der Waals surface area contributed by atoms with Gasteiger partial charge in [0.25, 0.3) is 0 Å². The van der Waals surface area contributed by atoms with E-state index < -0.39 is 18.1 Å². The maximum Gasteiger partial charge on any atom is 0.140 e. The van der Waals surface area contributed by atoms with Crippen LogP contribution in [0.2, 0.25) is 0 Å². The molecular weight excluding hydrogens is 734 g/mol. The maximum atomic E-state index is 8.57. The molecule has 0 aliphatic carbocycles. The van der Waals surface area contributed by atoms with E-state index in [9.17, 15) is 0 Å². The summed E-state index contributed by atoms with van der Waals surface area (Å²) in [7, 11) is 4.44. The van der Waals surface area contributed by atoms with Crippen LogP contribution in [0.3, 0.4) is 0 Å². The lowest BCUT2D eigenvalue weighted by Gasteiger charge is -1.29.